The minimum atomic E-state index is -0.564. The van der Waals surface area contributed by atoms with Crippen LogP contribution in [0.3, 0.4) is 0 Å². The zero-order valence-electron chi connectivity index (χ0n) is 12.6. The summed E-state index contributed by atoms with van der Waals surface area (Å²) in [6.45, 7) is 4.35. The Hall–Kier alpha value is -1.97. The van der Waals surface area contributed by atoms with Gasteiger partial charge in [-0.1, -0.05) is 12.1 Å². The standard InChI is InChI=1S/C16H20FN3O2/c1-12(10-18)11-19-16(21)15(20-5-7-22-8-6-20)13-3-2-4-14(17)9-13/h2-4,9,12,15H,5-8,11H2,1H3,(H,19,21)/t12-,15-/m0/s1. The molecule has 0 bridgehead atoms. The lowest BCUT2D eigenvalue weighted by Gasteiger charge is -2.33. The highest BCUT2D eigenvalue weighted by atomic mass is 19.1. The number of nitrogens with one attached hydrogen (secondary N) is 1. The predicted molar refractivity (Wildman–Crippen MR) is 79.3 cm³/mol. The lowest BCUT2D eigenvalue weighted by molar-refractivity contribution is -0.128. The number of carbonyl (C=O) groups is 1. The van der Waals surface area contributed by atoms with Crippen LogP contribution in [0.5, 0.6) is 0 Å². The number of halogens is 1. The Bertz CT molecular complexity index is 553. The lowest BCUT2D eigenvalue weighted by Crippen LogP contribution is -2.46. The van der Waals surface area contributed by atoms with E-state index in [-0.39, 0.29) is 24.2 Å². The first-order chi connectivity index (χ1) is 10.6. The first kappa shape index (κ1) is 16.4. The summed E-state index contributed by atoms with van der Waals surface area (Å²) in [7, 11) is 0. The Morgan fingerprint density at radius 1 is 1.50 bits per heavy atom. The first-order valence-corrected chi connectivity index (χ1v) is 7.36. The van der Waals surface area contributed by atoms with Crippen molar-refractivity contribution in [3.8, 4) is 6.07 Å². The predicted octanol–water partition coefficient (Wildman–Crippen LogP) is 1.47. The van der Waals surface area contributed by atoms with Gasteiger partial charge in [0.05, 0.1) is 25.2 Å². The van der Waals surface area contributed by atoms with Gasteiger partial charge in [0.25, 0.3) is 0 Å². The largest absolute Gasteiger partial charge is 0.379 e. The minimum absolute atomic E-state index is 0.213. The Kier molecular flexibility index (Phi) is 5.87. The van der Waals surface area contributed by atoms with Gasteiger partial charge in [-0.2, -0.15) is 5.26 Å². The molecule has 0 aromatic heterocycles. The normalized spacial score (nSPS) is 18.2. The third-order valence-corrected chi connectivity index (χ3v) is 3.63. The summed E-state index contributed by atoms with van der Waals surface area (Å²) in [5.74, 6) is -0.842. The Morgan fingerprint density at radius 3 is 2.86 bits per heavy atom. The van der Waals surface area contributed by atoms with Crippen LogP contribution < -0.4 is 5.32 Å². The van der Waals surface area contributed by atoms with Crippen LogP contribution in [0.1, 0.15) is 18.5 Å². The molecular formula is C16H20FN3O2. The first-order valence-electron chi connectivity index (χ1n) is 7.36. The maximum Gasteiger partial charge on any atom is 0.242 e. The summed E-state index contributed by atoms with van der Waals surface area (Å²) in [5, 5.41) is 11.6. The van der Waals surface area contributed by atoms with Crippen molar-refractivity contribution in [2.45, 2.75) is 13.0 Å². The topological polar surface area (TPSA) is 65.4 Å². The SMILES string of the molecule is C[C@@H](C#N)CNC(=O)[C@H](c1cccc(F)c1)N1CCOCC1. The molecule has 1 aromatic carbocycles. The fourth-order valence-corrected chi connectivity index (χ4v) is 2.44. The molecule has 6 heteroatoms. The zero-order chi connectivity index (χ0) is 15.9. The molecule has 0 spiro atoms. The van der Waals surface area contributed by atoms with Crippen molar-refractivity contribution in [3.63, 3.8) is 0 Å². The molecule has 1 amide bonds. The molecule has 1 heterocycles. The van der Waals surface area contributed by atoms with Crippen LogP contribution in [0.15, 0.2) is 24.3 Å². The number of hydrogen-bond acceptors (Lipinski definition) is 4. The Labute approximate surface area is 129 Å². The number of amides is 1. The van der Waals surface area contributed by atoms with Crippen LogP contribution >= 0.6 is 0 Å². The molecule has 0 radical (unpaired) electrons. The van der Waals surface area contributed by atoms with Crippen LogP contribution in [0.25, 0.3) is 0 Å². The molecule has 118 valence electrons. The average molecular weight is 305 g/mol. The van der Waals surface area contributed by atoms with E-state index >= 15 is 0 Å². The zero-order valence-corrected chi connectivity index (χ0v) is 12.6. The second-order valence-electron chi connectivity index (χ2n) is 5.38. The van der Waals surface area contributed by atoms with E-state index < -0.39 is 6.04 Å². The van der Waals surface area contributed by atoms with Crippen molar-refractivity contribution in [2.75, 3.05) is 32.8 Å². The number of carbonyl (C=O) groups excluding carboxylic acids is 1. The van der Waals surface area contributed by atoms with E-state index in [0.29, 0.717) is 31.9 Å². The number of morpholine rings is 1. The third-order valence-electron chi connectivity index (χ3n) is 3.63. The van der Waals surface area contributed by atoms with Crippen LogP contribution in [0, 0.1) is 23.1 Å². The van der Waals surface area contributed by atoms with Crippen LogP contribution in [-0.2, 0) is 9.53 Å². The average Bonchev–Trinajstić information content (AvgIpc) is 2.54. The van der Waals surface area contributed by atoms with E-state index in [1.807, 2.05) is 4.90 Å². The van der Waals surface area contributed by atoms with Crippen molar-refractivity contribution in [1.29, 1.82) is 5.26 Å². The van der Waals surface area contributed by atoms with E-state index in [9.17, 15) is 9.18 Å². The third kappa shape index (κ3) is 4.26. The molecule has 0 saturated carbocycles. The summed E-state index contributed by atoms with van der Waals surface area (Å²) in [5.41, 5.74) is 0.615. The van der Waals surface area contributed by atoms with Gasteiger partial charge in [-0.05, 0) is 24.6 Å². The number of ether oxygens (including phenoxy) is 1. The molecule has 0 unspecified atom stereocenters. The molecule has 1 aliphatic rings. The van der Waals surface area contributed by atoms with Crippen molar-refractivity contribution < 1.29 is 13.9 Å². The molecule has 2 atom stereocenters. The van der Waals surface area contributed by atoms with Crippen LogP contribution in [-0.4, -0.2) is 43.7 Å². The highest BCUT2D eigenvalue weighted by molar-refractivity contribution is 5.83. The summed E-state index contributed by atoms with van der Waals surface area (Å²) in [6.07, 6.45) is 0. The molecule has 1 aliphatic heterocycles. The van der Waals surface area contributed by atoms with Gasteiger partial charge in [0.15, 0.2) is 0 Å². The number of nitrogens with zero attached hydrogens (tertiary/aromatic N) is 2. The summed E-state index contributed by atoms with van der Waals surface area (Å²) in [4.78, 5) is 14.5. The molecular weight excluding hydrogens is 285 g/mol. The molecule has 5 nitrogen and oxygen atoms in total. The Morgan fingerprint density at radius 2 is 2.23 bits per heavy atom. The van der Waals surface area contributed by atoms with Gasteiger partial charge < -0.3 is 10.1 Å². The number of rotatable bonds is 5. The molecule has 1 N–H and O–H groups in total. The van der Waals surface area contributed by atoms with Gasteiger partial charge in [-0.25, -0.2) is 4.39 Å². The van der Waals surface area contributed by atoms with Gasteiger partial charge in [0.1, 0.15) is 11.9 Å². The highest BCUT2D eigenvalue weighted by Gasteiger charge is 2.29. The smallest absolute Gasteiger partial charge is 0.242 e. The van der Waals surface area contributed by atoms with Crippen molar-refractivity contribution in [2.24, 2.45) is 5.92 Å². The number of nitriles is 1. The number of hydrogen-bond donors (Lipinski definition) is 1. The van der Waals surface area contributed by atoms with E-state index in [1.165, 1.54) is 12.1 Å². The summed E-state index contributed by atoms with van der Waals surface area (Å²) < 4.78 is 18.8. The monoisotopic (exact) mass is 305 g/mol. The lowest BCUT2D eigenvalue weighted by atomic mass is 10.0. The minimum Gasteiger partial charge on any atom is -0.379 e. The second kappa shape index (κ2) is 7.87. The molecule has 1 aromatic rings. The van der Waals surface area contributed by atoms with Gasteiger partial charge >= 0.3 is 0 Å². The maximum absolute atomic E-state index is 13.5. The van der Waals surface area contributed by atoms with Crippen molar-refractivity contribution in [3.05, 3.63) is 35.6 Å². The van der Waals surface area contributed by atoms with E-state index in [1.54, 1.807) is 19.1 Å². The molecule has 2 rings (SSSR count). The van der Waals surface area contributed by atoms with Crippen LogP contribution in [0.2, 0.25) is 0 Å². The summed E-state index contributed by atoms with van der Waals surface area (Å²) in [6, 6.07) is 7.60. The van der Waals surface area contributed by atoms with Crippen LogP contribution in [0.4, 0.5) is 4.39 Å². The second-order valence-corrected chi connectivity index (χ2v) is 5.38. The molecule has 1 saturated heterocycles. The van der Waals surface area contributed by atoms with Gasteiger partial charge in [-0.3, -0.25) is 9.69 Å². The maximum atomic E-state index is 13.5. The quantitative estimate of drug-likeness (QED) is 0.895. The Balaban J connectivity index is 2.17. The molecule has 22 heavy (non-hydrogen) atoms. The van der Waals surface area contributed by atoms with Gasteiger partial charge in [0, 0.05) is 19.6 Å². The van der Waals surface area contributed by atoms with Crippen molar-refractivity contribution in [1.82, 2.24) is 10.2 Å². The summed E-state index contributed by atoms with van der Waals surface area (Å²) >= 11 is 0. The van der Waals surface area contributed by atoms with Crippen molar-refractivity contribution >= 4 is 5.91 Å². The fourth-order valence-electron chi connectivity index (χ4n) is 2.44. The van der Waals surface area contributed by atoms with E-state index in [2.05, 4.69) is 11.4 Å². The van der Waals surface area contributed by atoms with Gasteiger partial charge in [0.2, 0.25) is 5.91 Å². The number of benzene rings is 1. The fraction of sp³-hybridized carbons (Fsp3) is 0.500. The van der Waals surface area contributed by atoms with Gasteiger partial charge in [-0.15, -0.1) is 0 Å². The highest BCUT2D eigenvalue weighted by Crippen LogP contribution is 2.23. The molecule has 0 aliphatic carbocycles. The van der Waals surface area contributed by atoms with E-state index in [4.69, 9.17) is 10.00 Å². The molecule has 1 fully saturated rings. The van der Waals surface area contributed by atoms with E-state index in [0.717, 1.165) is 0 Å².